The van der Waals surface area contributed by atoms with Crippen LogP contribution in [-0.4, -0.2) is 17.6 Å². The highest BCUT2D eigenvalue weighted by Gasteiger charge is 2.23. The molecule has 1 aromatic carbocycles. The van der Waals surface area contributed by atoms with Crippen molar-refractivity contribution in [2.24, 2.45) is 11.7 Å². The Morgan fingerprint density at radius 2 is 2.00 bits per heavy atom. The standard InChI is InChI=1S/C15H19N3O.2ClH/c16-12-6-3-4-10(12)9-17-15-8-14(19)11-5-1-2-7-13(11)18-15;;/h1-2,5,7-8,10,12H,3-4,6,9,16H2,(H2,17,18,19);2*1H. The summed E-state index contributed by atoms with van der Waals surface area (Å²) in [7, 11) is 0. The van der Waals surface area contributed by atoms with Crippen LogP contribution in [0, 0.1) is 5.92 Å². The van der Waals surface area contributed by atoms with Crippen LogP contribution in [0.3, 0.4) is 0 Å². The van der Waals surface area contributed by atoms with E-state index in [1.54, 1.807) is 6.07 Å². The van der Waals surface area contributed by atoms with Crippen molar-refractivity contribution in [3.63, 3.8) is 0 Å². The number of aromatic nitrogens is 1. The lowest BCUT2D eigenvalue weighted by atomic mass is 10.1. The van der Waals surface area contributed by atoms with Crippen LogP contribution in [0.1, 0.15) is 19.3 Å². The van der Waals surface area contributed by atoms with Crippen molar-refractivity contribution in [3.8, 4) is 0 Å². The van der Waals surface area contributed by atoms with Gasteiger partial charge in [-0.25, -0.2) is 0 Å². The molecular weight excluding hydrogens is 309 g/mol. The van der Waals surface area contributed by atoms with E-state index in [1.807, 2.05) is 24.3 Å². The second-order valence-electron chi connectivity index (χ2n) is 5.33. The van der Waals surface area contributed by atoms with Crippen LogP contribution in [-0.2, 0) is 0 Å². The number of nitrogens with one attached hydrogen (secondary N) is 2. The van der Waals surface area contributed by atoms with Gasteiger partial charge in [-0.1, -0.05) is 18.6 Å². The third-order valence-corrected chi connectivity index (χ3v) is 4.01. The van der Waals surface area contributed by atoms with Crippen LogP contribution in [0.25, 0.3) is 10.9 Å². The van der Waals surface area contributed by atoms with Gasteiger partial charge in [-0.15, -0.1) is 24.8 Å². The molecule has 0 bridgehead atoms. The number of benzene rings is 1. The molecule has 2 aromatic rings. The average Bonchev–Trinajstić information content (AvgIpc) is 2.82. The van der Waals surface area contributed by atoms with E-state index in [4.69, 9.17) is 5.73 Å². The van der Waals surface area contributed by atoms with Crippen molar-refractivity contribution >= 4 is 41.5 Å². The van der Waals surface area contributed by atoms with E-state index < -0.39 is 0 Å². The van der Waals surface area contributed by atoms with Gasteiger partial charge in [0.05, 0.1) is 5.52 Å². The highest BCUT2D eigenvalue weighted by molar-refractivity contribution is 5.85. The summed E-state index contributed by atoms with van der Waals surface area (Å²) < 4.78 is 0. The highest BCUT2D eigenvalue weighted by Crippen LogP contribution is 2.24. The van der Waals surface area contributed by atoms with E-state index in [0.29, 0.717) is 12.0 Å². The summed E-state index contributed by atoms with van der Waals surface area (Å²) in [5.41, 5.74) is 6.97. The minimum atomic E-state index is 0. The van der Waals surface area contributed by atoms with E-state index in [-0.39, 0.29) is 30.2 Å². The maximum Gasteiger partial charge on any atom is 0.191 e. The van der Waals surface area contributed by atoms with Gasteiger partial charge in [0, 0.05) is 24.0 Å². The Hall–Kier alpha value is -1.23. The Bertz CT molecular complexity index is 644. The van der Waals surface area contributed by atoms with Gasteiger partial charge in [0.15, 0.2) is 5.43 Å². The summed E-state index contributed by atoms with van der Waals surface area (Å²) >= 11 is 0. The fraction of sp³-hybridized carbons (Fsp3) is 0.400. The molecular formula is C15H21Cl2N3O. The van der Waals surface area contributed by atoms with Crippen LogP contribution < -0.4 is 16.5 Å². The third-order valence-electron chi connectivity index (χ3n) is 4.01. The second kappa shape index (κ2) is 7.69. The number of rotatable bonds is 3. The summed E-state index contributed by atoms with van der Waals surface area (Å²) in [6.07, 6.45) is 3.49. The molecule has 1 fully saturated rings. The molecule has 21 heavy (non-hydrogen) atoms. The smallest absolute Gasteiger partial charge is 0.191 e. The number of hydrogen-bond donors (Lipinski definition) is 3. The van der Waals surface area contributed by atoms with Crippen LogP contribution in [0.15, 0.2) is 35.1 Å². The summed E-state index contributed by atoms with van der Waals surface area (Å²) in [4.78, 5) is 15.2. The Labute approximate surface area is 136 Å². The molecule has 2 atom stereocenters. The lowest BCUT2D eigenvalue weighted by Crippen LogP contribution is -2.30. The van der Waals surface area contributed by atoms with Crippen molar-refractivity contribution in [2.75, 3.05) is 11.9 Å². The molecule has 1 aromatic heterocycles. The molecule has 6 heteroatoms. The van der Waals surface area contributed by atoms with E-state index in [9.17, 15) is 4.79 Å². The first-order chi connectivity index (χ1) is 9.24. The first-order valence-electron chi connectivity index (χ1n) is 6.85. The van der Waals surface area contributed by atoms with Crippen molar-refractivity contribution < 1.29 is 0 Å². The molecule has 1 heterocycles. The average molecular weight is 330 g/mol. The molecule has 1 aliphatic rings. The van der Waals surface area contributed by atoms with E-state index in [0.717, 1.165) is 29.7 Å². The van der Waals surface area contributed by atoms with Gasteiger partial charge in [0.25, 0.3) is 0 Å². The van der Waals surface area contributed by atoms with E-state index in [2.05, 4.69) is 10.3 Å². The molecule has 3 rings (SSSR count). The zero-order valence-corrected chi connectivity index (χ0v) is 13.3. The minimum Gasteiger partial charge on any atom is -0.371 e. The molecule has 0 spiro atoms. The topological polar surface area (TPSA) is 70.9 Å². The van der Waals surface area contributed by atoms with Crippen molar-refractivity contribution in [1.82, 2.24) is 4.98 Å². The van der Waals surface area contributed by atoms with Crippen LogP contribution >= 0.6 is 24.8 Å². The van der Waals surface area contributed by atoms with Gasteiger partial charge in [0.1, 0.15) is 5.82 Å². The number of fused-ring (bicyclic) bond motifs is 1. The van der Waals surface area contributed by atoms with Gasteiger partial charge < -0.3 is 16.0 Å². The number of anilines is 1. The number of H-pyrrole nitrogens is 1. The Morgan fingerprint density at radius 3 is 2.71 bits per heavy atom. The maximum absolute atomic E-state index is 12.0. The summed E-state index contributed by atoms with van der Waals surface area (Å²) in [6, 6.07) is 9.48. The van der Waals surface area contributed by atoms with E-state index >= 15 is 0 Å². The predicted octanol–water partition coefficient (Wildman–Crippen LogP) is 2.91. The van der Waals surface area contributed by atoms with Crippen molar-refractivity contribution in [1.29, 1.82) is 0 Å². The number of pyridine rings is 1. The zero-order valence-electron chi connectivity index (χ0n) is 11.7. The molecule has 0 aliphatic heterocycles. The summed E-state index contributed by atoms with van der Waals surface area (Å²) in [6.45, 7) is 0.829. The Kier molecular flexibility index (Phi) is 6.52. The number of aromatic amines is 1. The fourth-order valence-electron chi connectivity index (χ4n) is 2.85. The van der Waals surface area contributed by atoms with Crippen LogP contribution in [0.4, 0.5) is 5.82 Å². The SMILES string of the molecule is Cl.Cl.NC1CCCC1CNc1cc(=O)c2ccccc2[nH]1. The number of nitrogens with two attached hydrogens (primary N) is 1. The number of halogens is 2. The predicted molar refractivity (Wildman–Crippen MR) is 92.9 cm³/mol. The van der Waals surface area contributed by atoms with Crippen LogP contribution in [0.5, 0.6) is 0 Å². The van der Waals surface area contributed by atoms with Crippen molar-refractivity contribution in [2.45, 2.75) is 25.3 Å². The first kappa shape index (κ1) is 17.8. The van der Waals surface area contributed by atoms with Crippen molar-refractivity contribution in [3.05, 3.63) is 40.6 Å². The molecule has 4 nitrogen and oxygen atoms in total. The molecule has 1 saturated carbocycles. The molecule has 0 radical (unpaired) electrons. The summed E-state index contributed by atoms with van der Waals surface area (Å²) in [5.74, 6) is 1.29. The molecule has 0 saturated heterocycles. The quantitative estimate of drug-likeness (QED) is 0.810. The number of hydrogen-bond acceptors (Lipinski definition) is 3. The normalized spacial score (nSPS) is 20.6. The van der Waals surface area contributed by atoms with Gasteiger partial charge >= 0.3 is 0 Å². The summed E-state index contributed by atoms with van der Waals surface area (Å²) in [5, 5.41) is 4.04. The maximum atomic E-state index is 12.0. The van der Waals surface area contributed by atoms with Gasteiger partial charge in [-0.05, 0) is 30.9 Å². The third kappa shape index (κ3) is 3.90. The minimum absolute atomic E-state index is 0. The molecule has 4 N–H and O–H groups in total. The monoisotopic (exact) mass is 329 g/mol. The first-order valence-corrected chi connectivity index (χ1v) is 6.85. The van der Waals surface area contributed by atoms with Gasteiger partial charge in [-0.2, -0.15) is 0 Å². The molecule has 0 amide bonds. The zero-order chi connectivity index (χ0) is 13.2. The molecule has 116 valence electrons. The Morgan fingerprint density at radius 1 is 1.24 bits per heavy atom. The van der Waals surface area contributed by atoms with Crippen LogP contribution in [0.2, 0.25) is 0 Å². The van der Waals surface area contributed by atoms with E-state index in [1.165, 1.54) is 12.8 Å². The second-order valence-corrected chi connectivity index (χ2v) is 5.33. The van der Waals surface area contributed by atoms with Gasteiger partial charge in [0.2, 0.25) is 0 Å². The molecule has 2 unspecified atom stereocenters. The number of para-hydroxylation sites is 1. The fourth-order valence-corrected chi connectivity index (χ4v) is 2.85. The Balaban J connectivity index is 0.00000110. The lowest BCUT2D eigenvalue weighted by Gasteiger charge is -2.16. The lowest BCUT2D eigenvalue weighted by molar-refractivity contribution is 0.504. The van der Waals surface area contributed by atoms with Gasteiger partial charge in [-0.3, -0.25) is 4.79 Å². The largest absolute Gasteiger partial charge is 0.371 e. The highest BCUT2D eigenvalue weighted by atomic mass is 35.5. The molecule has 1 aliphatic carbocycles.